The van der Waals surface area contributed by atoms with Crippen molar-refractivity contribution in [2.45, 2.75) is 49.8 Å². The molecule has 2 aromatic rings. The molecule has 5 rings (SSSR count). The average Bonchev–Trinajstić information content (AvgIpc) is 3.25. The van der Waals surface area contributed by atoms with Crippen LogP contribution >= 0.6 is 11.7 Å². The van der Waals surface area contributed by atoms with Crippen LogP contribution in [-0.2, 0) is 10.0 Å². The molecular weight excluding hydrogens is 392 g/mol. The molecule has 0 amide bonds. The number of nitrogens with zero attached hydrogens (tertiary/aromatic N) is 3. The van der Waals surface area contributed by atoms with Crippen molar-refractivity contribution in [3.63, 3.8) is 0 Å². The highest BCUT2D eigenvalue weighted by Crippen LogP contribution is 2.48. The predicted molar refractivity (Wildman–Crippen MR) is 111 cm³/mol. The molecule has 1 saturated heterocycles. The van der Waals surface area contributed by atoms with Crippen molar-refractivity contribution in [1.29, 1.82) is 0 Å². The van der Waals surface area contributed by atoms with Crippen molar-refractivity contribution in [2.75, 3.05) is 26.2 Å². The normalized spacial score (nSPS) is 25.6. The third-order valence-corrected chi connectivity index (χ3v) is 9.00. The quantitative estimate of drug-likeness (QED) is 0.776. The fourth-order valence-corrected chi connectivity index (χ4v) is 7.18. The number of aromatic nitrogens is 2. The SMILES string of the molecule is O=S(=O)(NCC1CN(CC2CC2)CC12CCCCC2)c1cccc2nsnc12. The number of hydrogen-bond acceptors (Lipinski definition) is 6. The van der Waals surface area contributed by atoms with E-state index in [1.807, 2.05) is 6.07 Å². The maximum absolute atomic E-state index is 13.1. The third-order valence-electron chi connectivity index (χ3n) is 7.00. The summed E-state index contributed by atoms with van der Waals surface area (Å²) in [5.41, 5.74) is 1.42. The molecule has 3 fully saturated rings. The molecule has 1 aromatic carbocycles. The van der Waals surface area contributed by atoms with Crippen LogP contribution in [-0.4, -0.2) is 48.2 Å². The molecule has 3 aliphatic rings. The van der Waals surface area contributed by atoms with Crippen LogP contribution in [0.5, 0.6) is 0 Å². The molecule has 6 nitrogen and oxygen atoms in total. The van der Waals surface area contributed by atoms with Crippen molar-refractivity contribution in [3.05, 3.63) is 18.2 Å². The standard InChI is InChI=1S/C20H28N4O2S2/c25-28(26,18-6-4-5-17-19(18)23-27-22-17)21-11-16-13-24(12-15-7-8-15)14-20(16)9-2-1-3-10-20/h4-6,15-16,21H,1-3,7-14H2. The Morgan fingerprint density at radius 3 is 2.79 bits per heavy atom. The topological polar surface area (TPSA) is 75.2 Å². The van der Waals surface area contributed by atoms with E-state index in [0.717, 1.165) is 30.7 Å². The van der Waals surface area contributed by atoms with Gasteiger partial charge in [-0.15, -0.1) is 0 Å². The predicted octanol–water partition coefficient (Wildman–Crippen LogP) is 3.26. The third kappa shape index (κ3) is 3.60. The molecule has 1 N–H and O–H groups in total. The summed E-state index contributed by atoms with van der Waals surface area (Å²) in [6.45, 7) is 3.91. The number of benzene rings is 1. The summed E-state index contributed by atoms with van der Waals surface area (Å²) < 4.78 is 37.4. The van der Waals surface area contributed by atoms with E-state index in [4.69, 9.17) is 0 Å². The van der Waals surface area contributed by atoms with Crippen LogP contribution in [0.15, 0.2) is 23.1 Å². The molecule has 8 heteroatoms. The fourth-order valence-electron chi connectivity index (χ4n) is 5.34. The molecule has 2 saturated carbocycles. The minimum Gasteiger partial charge on any atom is -0.302 e. The van der Waals surface area contributed by atoms with Crippen LogP contribution in [0.1, 0.15) is 44.9 Å². The molecule has 1 atom stereocenters. The Hall–Kier alpha value is -1.09. The Morgan fingerprint density at radius 2 is 2.00 bits per heavy atom. The second-order valence-corrected chi connectivity index (χ2v) is 11.3. The molecule has 28 heavy (non-hydrogen) atoms. The fraction of sp³-hybridized carbons (Fsp3) is 0.700. The van der Waals surface area contributed by atoms with Crippen LogP contribution < -0.4 is 4.72 Å². The van der Waals surface area contributed by atoms with Crippen LogP contribution in [0.4, 0.5) is 0 Å². The first-order valence-electron chi connectivity index (χ1n) is 10.5. The smallest absolute Gasteiger partial charge is 0.242 e. The van der Waals surface area contributed by atoms with Crippen molar-refractivity contribution in [3.8, 4) is 0 Å². The lowest BCUT2D eigenvalue weighted by Gasteiger charge is -2.38. The molecule has 1 unspecified atom stereocenters. The maximum atomic E-state index is 13.1. The van der Waals surface area contributed by atoms with Crippen LogP contribution in [0.3, 0.4) is 0 Å². The largest absolute Gasteiger partial charge is 0.302 e. The molecule has 1 spiro atoms. The first-order valence-corrected chi connectivity index (χ1v) is 12.7. The Labute approximate surface area is 171 Å². The summed E-state index contributed by atoms with van der Waals surface area (Å²) in [5, 5.41) is 0. The Morgan fingerprint density at radius 1 is 1.18 bits per heavy atom. The summed E-state index contributed by atoms with van der Waals surface area (Å²) in [7, 11) is -3.59. The van der Waals surface area contributed by atoms with Gasteiger partial charge in [-0.05, 0) is 55.1 Å². The number of likely N-dealkylation sites (tertiary alicyclic amines) is 1. The summed E-state index contributed by atoms with van der Waals surface area (Å²) in [6.07, 6.45) is 9.10. The number of hydrogen-bond donors (Lipinski definition) is 1. The van der Waals surface area contributed by atoms with Gasteiger partial charge >= 0.3 is 0 Å². The van der Waals surface area contributed by atoms with Crippen molar-refractivity contribution in [2.24, 2.45) is 17.3 Å². The Bertz CT molecular complexity index is 948. The van der Waals surface area contributed by atoms with Gasteiger partial charge in [0.1, 0.15) is 15.9 Å². The highest BCUT2D eigenvalue weighted by molar-refractivity contribution is 7.89. The van der Waals surface area contributed by atoms with Crippen LogP contribution in [0, 0.1) is 17.3 Å². The molecule has 152 valence electrons. The van der Waals surface area contributed by atoms with Gasteiger partial charge in [0.25, 0.3) is 0 Å². The van der Waals surface area contributed by atoms with Gasteiger partial charge in [-0.25, -0.2) is 13.1 Å². The van der Waals surface area contributed by atoms with Gasteiger partial charge in [-0.3, -0.25) is 0 Å². The van der Waals surface area contributed by atoms with Gasteiger partial charge in [0.15, 0.2) is 0 Å². The monoisotopic (exact) mass is 420 g/mol. The van der Waals surface area contributed by atoms with E-state index in [0.29, 0.717) is 28.9 Å². The minimum absolute atomic E-state index is 0.254. The zero-order chi connectivity index (χ0) is 19.2. The summed E-state index contributed by atoms with van der Waals surface area (Å²) in [5.74, 6) is 1.28. The second kappa shape index (κ2) is 7.31. The second-order valence-electron chi connectivity index (χ2n) is 9.00. The molecule has 0 radical (unpaired) electrons. The highest BCUT2D eigenvalue weighted by Gasteiger charge is 2.47. The summed E-state index contributed by atoms with van der Waals surface area (Å²) in [6, 6.07) is 5.19. The number of sulfonamides is 1. The van der Waals surface area contributed by atoms with Crippen molar-refractivity contribution < 1.29 is 8.42 Å². The first-order chi connectivity index (χ1) is 13.6. The number of nitrogens with one attached hydrogen (secondary N) is 1. The van der Waals surface area contributed by atoms with E-state index in [9.17, 15) is 8.42 Å². The molecule has 0 bridgehead atoms. The average molecular weight is 421 g/mol. The zero-order valence-corrected chi connectivity index (χ0v) is 17.8. The van der Waals surface area contributed by atoms with Crippen molar-refractivity contribution in [1.82, 2.24) is 18.4 Å². The van der Waals surface area contributed by atoms with E-state index < -0.39 is 10.0 Å². The lowest BCUT2D eigenvalue weighted by Crippen LogP contribution is -2.40. The highest BCUT2D eigenvalue weighted by atomic mass is 32.2. The molecule has 1 aromatic heterocycles. The van der Waals surface area contributed by atoms with Crippen LogP contribution in [0.2, 0.25) is 0 Å². The number of rotatable bonds is 6. The lowest BCUT2D eigenvalue weighted by atomic mass is 9.68. The Balaban J connectivity index is 1.34. The molecule has 2 heterocycles. The van der Waals surface area contributed by atoms with E-state index in [1.165, 1.54) is 51.5 Å². The van der Waals surface area contributed by atoms with E-state index >= 15 is 0 Å². The van der Waals surface area contributed by atoms with Gasteiger partial charge in [0.2, 0.25) is 10.0 Å². The van der Waals surface area contributed by atoms with E-state index in [1.54, 1.807) is 12.1 Å². The van der Waals surface area contributed by atoms with Crippen LogP contribution in [0.25, 0.3) is 11.0 Å². The first kappa shape index (κ1) is 18.9. The maximum Gasteiger partial charge on any atom is 0.242 e. The Kier molecular flexibility index (Phi) is 4.93. The number of fused-ring (bicyclic) bond motifs is 1. The van der Waals surface area contributed by atoms with Gasteiger partial charge < -0.3 is 4.90 Å². The molecular formula is C20H28N4O2S2. The van der Waals surface area contributed by atoms with E-state index in [2.05, 4.69) is 18.4 Å². The van der Waals surface area contributed by atoms with Gasteiger partial charge in [0.05, 0.1) is 11.7 Å². The molecule has 1 aliphatic heterocycles. The zero-order valence-electron chi connectivity index (χ0n) is 16.1. The minimum atomic E-state index is -3.59. The van der Waals surface area contributed by atoms with E-state index in [-0.39, 0.29) is 4.90 Å². The van der Waals surface area contributed by atoms with Gasteiger partial charge in [-0.1, -0.05) is 25.3 Å². The van der Waals surface area contributed by atoms with Gasteiger partial charge in [0, 0.05) is 26.2 Å². The summed E-state index contributed by atoms with van der Waals surface area (Å²) in [4.78, 5) is 2.87. The van der Waals surface area contributed by atoms with Gasteiger partial charge in [-0.2, -0.15) is 8.75 Å². The summed E-state index contributed by atoms with van der Waals surface area (Å²) >= 11 is 1.06. The molecule has 2 aliphatic carbocycles. The van der Waals surface area contributed by atoms with Crippen molar-refractivity contribution >= 4 is 32.8 Å². The lowest BCUT2D eigenvalue weighted by molar-refractivity contribution is 0.140.